The van der Waals surface area contributed by atoms with Gasteiger partial charge < -0.3 is 5.32 Å². The molecule has 1 heterocycles. The van der Waals surface area contributed by atoms with E-state index >= 15 is 0 Å². The maximum absolute atomic E-state index is 3.45. The van der Waals surface area contributed by atoms with E-state index in [1.807, 2.05) is 0 Å². The minimum atomic E-state index is 0.564. The van der Waals surface area contributed by atoms with Crippen molar-refractivity contribution < 1.29 is 0 Å². The zero-order chi connectivity index (χ0) is 8.48. The van der Waals surface area contributed by atoms with E-state index in [0.717, 1.165) is 11.8 Å². The summed E-state index contributed by atoms with van der Waals surface area (Å²) in [5.41, 5.74) is 0.564. The van der Waals surface area contributed by atoms with Crippen LogP contribution in [0.15, 0.2) is 0 Å². The van der Waals surface area contributed by atoms with Crippen LogP contribution in [-0.4, -0.2) is 13.1 Å². The van der Waals surface area contributed by atoms with Crippen LogP contribution >= 0.6 is 0 Å². The molecule has 0 aromatic rings. The molecular formula is C10H21N. The molecule has 0 aromatic carbocycles. The lowest BCUT2D eigenvalue weighted by Crippen LogP contribution is -2.31. The van der Waals surface area contributed by atoms with Crippen LogP contribution in [0.5, 0.6) is 0 Å². The molecule has 0 saturated carbocycles. The van der Waals surface area contributed by atoms with Gasteiger partial charge >= 0.3 is 0 Å². The number of hydrogen-bond donors (Lipinski definition) is 1. The van der Waals surface area contributed by atoms with Gasteiger partial charge in [0.15, 0.2) is 0 Å². The smallest absolute Gasteiger partial charge is 0.000829 e. The average molecular weight is 155 g/mol. The Kier molecular flexibility index (Phi) is 2.58. The van der Waals surface area contributed by atoms with Crippen LogP contribution in [0, 0.1) is 17.3 Å². The highest BCUT2D eigenvalue weighted by molar-refractivity contribution is 4.88. The fraction of sp³-hybridized carbons (Fsp3) is 1.00. The summed E-state index contributed by atoms with van der Waals surface area (Å²) in [4.78, 5) is 0. The van der Waals surface area contributed by atoms with E-state index < -0.39 is 0 Å². The van der Waals surface area contributed by atoms with Gasteiger partial charge in [-0.15, -0.1) is 0 Å². The summed E-state index contributed by atoms with van der Waals surface area (Å²) in [6, 6.07) is 0. The molecule has 0 bridgehead atoms. The largest absolute Gasteiger partial charge is 0.316 e. The Morgan fingerprint density at radius 3 is 2.27 bits per heavy atom. The third kappa shape index (κ3) is 1.76. The highest BCUT2D eigenvalue weighted by atomic mass is 14.9. The first-order valence-electron chi connectivity index (χ1n) is 4.77. The van der Waals surface area contributed by atoms with E-state index in [9.17, 15) is 0 Å². The predicted octanol–water partition coefficient (Wildman–Crippen LogP) is 2.28. The van der Waals surface area contributed by atoms with Gasteiger partial charge in [0.2, 0.25) is 0 Å². The second kappa shape index (κ2) is 3.14. The van der Waals surface area contributed by atoms with Crippen LogP contribution in [0.25, 0.3) is 0 Å². The van der Waals surface area contributed by atoms with E-state index in [-0.39, 0.29) is 0 Å². The fourth-order valence-electron chi connectivity index (χ4n) is 2.03. The van der Waals surface area contributed by atoms with Gasteiger partial charge in [0.1, 0.15) is 0 Å². The van der Waals surface area contributed by atoms with Gasteiger partial charge in [-0.25, -0.2) is 0 Å². The molecule has 1 fully saturated rings. The zero-order valence-corrected chi connectivity index (χ0v) is 8.28. The molecule has 1 nitrogen and oxygen atoms in total. The van der Waals surface area contributed by atoms with Crippen molar-refractivity contribution >= 4 is 0 Å². The van der Waals surface area contributed by atoms with Crippen molar-refractivity contribution in [3.63, 3.8) is 0 Å². The summed E-state index contributed by atoms with van der Waals surface area (Å²) in [6.07, 6.45) is 1.35. The van der Waals surface area contributed by atoms with Gasteiger partial charge in [0, 0.05) is 6.54 Å². The summed E-state index contributed by atoms with van der Waals surface area (Å²) in [6.45, 7) is 11.9. The minimum Gasteiger partial charge on any atom is -0.316 e. The van der Waals surface area contributed by atoms with E-state index in [1.165, 1.54) is 19.5 Å². The Balaban J connectivity index is 2.56. The molecule has 0 aliphatic carbocycles. The van der Waals surface area contributed by atoms with Crippen LogP contribution in [0.2, 0.25) is 0 Å². The van der Waals surface area contributed by atoms with Crippen LogP contribution in [0.3, 0.4) is 0 Å². The Bertz CT molecular complexity index is 123. The first-order chi connectivity index (χ1) is 5.06. The molecule has 1 aliphatic rings. The molecule has 2 unspecified atom stereocenters. The van der Waals surface area contributed by atoms with Gasteiger partial charge in [-0.05, 0) is 30.2 Å². The molecule has 0 spiro atoms. The topological polar surface area (TPSA) is 12.0 Å². The quantitative estimate of drug-likeness (QED) is 0.645. The van der Waals surface area contributed by atoms with Gasteiger partial charge in [-0.2, -0.15) is 0 Å². The minimum absolute atomic E-state index is 0.564. The molecule has 1 saturated heterocycles. The molecule has 11 heavy (non-hydrogen) atoms. The molecule has 0 amide bonds. The van der Waals surface area contributed by atoms with Crippen LogP contribution < -0.4 is 5.32 Å². The lowest BCUT2D eigenvalue weighted by molar-refractivity contribution is 0.175. The Morgan fingerprint density at radius 1 is 1.27 bits per heavy atom. The molecule has 1 aliphatic heterocycles. The fourth-order valence-corrected chi connectivity index (χ4v) is 2.03. The highest BCUT2D eigenvalue weighted by Crippen LogP contribution is 2.37. The van der Waals surface area contributed by atoms with E-state index in [2.05, 4.69) is 33.0 Å². The molecule has 1 N–H and O–H groups in total. The van der Waals surface area contributed by atoms with Crippen molar-refractivity contribution in [3.8, 4) is 0 Å². The van der Waals surface area contributed by atoms with Crippen molar-refractivity contribution in [2.45, 2.75) is 34.1 Å². The maximum Gasteiger partial charge on any atom is 0.000829 e. The van der Waals surface area contributed by atoms with Crippen molar-refractivity contribution in [1.29, 1.82) is 0 Å². The van der Waals surface area contributed by atoms with Crippen molar-refractivity contribution in [2.24, 2.45) is 17.3 Å². The molecule has 1 rings (SSSR count). The second-order valence-corrected chi connectivity index (χ2v) is 4.61. The molecule has 1 heteroatoms. The predicted molar refractivity (Wildman–Crippen MR) is 49.6 cm³/mol. The molecule has 2 atom stereocenters. The summed E-state index contributed by atoms with van der Waals surface area (Å²) >= 11 is 0. The third-order valence-corrected chi connectivity index (χ3v) is 3.50. The lowest BCUT2D eigenvalue weighted by Gasteiger charge is -2.33. The zero-order valence-electron chi connectivity index (χ0n) is 8.28. The third-order valence-electron chi connectivity index (χ3n) is 3.50. The van der Waals surface area contributed by atoms with Crippen LogP contribution in [-0.2, 0) is 0 Å². The summed E-state index contributed by atoms with van der Waals surface area (Å²) < 4.78 is 0. The van der Waals surface area contributed by atoms with E-state index in [1.54, 1.807) is 0 Å². The standard InChI is InChI=1S/C10H21N/c1-8(2)9(3)10(4)5-6-11-7-10/h8-9,11H,5-7H2,1-4H3. The van der Waals surface area contributed by atoms with Gasteiger partial charge in [0.25, 0.3) is 0 Å². The highest BCUT2D eigenvalue weighted by Gasteiger charge is 2.35. The first-order valence-corrected chi connectivity index (χ1v) is 4.77. The Morgan fingerprint density at radius 2 is 1.91 bits per heavy atom. The lowest BCUT2D eigenvalue weighted by atomic mass is 9.72. The van der Waals surface area contributed by atoms with E-state index in [0.29, 0.717) is 5.41 Å². The SMILES string of the molecule is CC(C)C(C)C1(C)CCNC1. The average Bonchev–Trinajstić information content (AvgIpc) is 2.35. The number of hydrogen-bond acceptors (Lipinski definition) is 1. The second-order valence-electron chi connectivity index (χ2n) is 4.61. The van der Waals surface area contributed by atoms with Gasteiger partial charge in [-0.1, -0.05) is 27.7 Å². The van der Waals surface area contributed by atoms with Crippen LogP contribution in [0.1, 0.15) is 34.1 Å². The Hall–Kier alpha value is -0.0400. The van der Waals surface area contributed by atoms with Crippen molar-refractivity contribution in [2.75, 3.05) is 13.1 Å². The van der Waals surface area contributed by atoms with Gasteiger partial charge in [-0.3, -0.25) is 0 Å². The molecule has 0 radical (unpaired) electrons. The monoisotopic (exact) mass is 155 g/mol. The number of rotatable bonds is 2. The summed E-state index contributed by atoms with van der Waals surface area (Å²) in [7, 11) is 0. The molecule has 66 valence electrons. The first kappa shape index (κ1) is 9.05. The Labute approximate surface area is 70.6 Å². The van der Waals surface area contributed by atoms with Crippen LogP contribution in [0.4, 0.5) is 0 Å². The normalized spacial score (nSPS) is 34.6. The van der Waals surface area contributed by atoms with E-state index in [4.69, 9.17) is 0 Å². The van der Waals surface area contributed by atoms with Crippen molar-refractivity contribution in [1.82, 2.24) is 5.32 Å². The number of nitrogens with one attached hydrogen (secondary N) is 1. The summed E-state index contributed by atoms with van der Waals surface area (Å²) in [5.74, 6) is 1.66. The van der Waals surface area contributed by atoms with Gasteiger partial charge in [0.05, 0.1) is 0 Å². The van der Waals surface area contributed by atoms with Crippen molar-refractivity contribution in [3.05, 3.63) is 0 Å². The molecule has 0 aromatic heterocycles. The maximum atomic E-state index is 3.45. The summed E-state index contributed by atoms with van der Waals surface area (Å²) in [5, 5.41) is 3.45. The molecular weight excluding hydrogens is 134 g/mol.